The Balaban J connectivity index is 1.49. The van der Waals surface area contributed by atoms with Crippen LogP contribution in [-0.2, 0) is 14.3 Å². The van der Waals surface area contributed by atoms with Gasteiger partial charge in [-0.25, -0.2) is 0 Å². The van der Waals surface area contributed by atoms with Crippen LogP contribution in [0.5, 0.6) is 0 Å². The molecule has 0 bridgehead atoms. The Labute approximate surface area is 151 Å². The number of hydrogen-bond donors (Lipinski definition) is 1. The Bertz CT molecular complexity index is 599. The van der Waals surface area contributed by atoms with Crippen molar-refractivity contribution in [3.63, 3.8) is 0 Å². The number of rotatable bonds is 5. The molecule has 24 heavy (non-hydrogen) atoms. The number of carbonyl (C=O) groups is 2. The van der Waals surface area contributed by atoms with Crippen molar-refractivity contribution in [3.8, 4) is 0 Å². The maximum absolute atomic E-state index is 12.6. The second-order valence-corrected chi connectivity index (χ2v) is 8.05. The van der Waals surface area contributed by atoms with Gasteiger partial charge in [0.25, 0.3) is 0 Å². The first-order valence-electron chi connectivity index (χ1n) is 8.47. The van der Waals surface area contributed by atoms with Gasteiger partial charge < -0.3 is 10.1 Å². The Morgan fingerprint density at radius 2 is 1.96 bits per heavy atom. The van der Waals surface area contributed by atoms with E-state index >= 15 is 0 Å². The number of hydrogen-bond acceptors (Lipinski definition) is 4. The van der Waals surface area contributed by atoms with Crippen LogP contribution in [0.3, 0.4) is 0 Å². The molecule has 3 rings (SSSR count). The largest absolute Gasteiger partial charge is 0.458 e. The number of carbonyl (C=O) groups excluding carboxylic acids is 2. The van der Waals surface area contributed by atoms with Crippen molar-refractivity contribution >= 4 is 35.2 Å². The summed E-state index contributed by atoms with van der Waals surface area (Å²) in [6.45, 7) is 0.576. The van der Waals surface area contributed by atoms with Gasteiger partial charge in [0.15, 0.2) is 0 Å². The van der Waals surface area contributed by atoms with E-state index in [9.17, 15) is 9.59 Å². The molecule has 1 N–H and O–H groups in total. The average Bonchev–Trinajstić information content (AvgIpc) is 2.89. The lowest BCUT2D eigenvalue weighted by Gasteiger charge is -2.36. The molecule has 1 unspecified atom stereocenters. The van der Waals surface area contributed by atoms with Crippen molar-refractivity contribution in [2.24, 2.45) is 5.92 Å². The highest BCUT2D eigenvalue weighted by Crippen LogP contribution is 2.44. The summed E-state index contributed by atoms with van der Waals surface area (Å²) in [5.41, 5.74) is -0.539. The Kier molecular flexibility index (Phi) is 5.72. The molecule has 1 aliphatic heterocycles. The lowest BCUT2D eigenvalue weighted by atomic mass is 9.75. The molecular weight excluding hydrogens is 346 g/mol. The van der Waals surface area contributed by atoms with Crippen LogP contribution < -0.4 is 5.32 Å². The minimum atomic E-state index is -0.539. The van der Waals surface area contributed by atoms with Gasteiger partial charge in [-0.1, -0.05) is 18.0 Å². The predicted octanol–water partition coefficient (Wildman–Crippen LogP) is 3.81. The van der Waals surface area contributed by atoms with Crippen LogP contribution >= 0.6 is 23.4 Å². The molecule has 2 aliphatic rings. The Morgan fingerprint density at radius 1 is 1.25 bits per heavy atom. The SMILES string of the molecule is O=C1CC(C(=O)NCCSc2ccc(Cl)cc2)C2(CCCCC2)O1. The third-order valence-electron chi connectivity index (χ3n) is 4.82. The van der Waals surface area contributed by atoms with Gasteiger partial charge in [0.1, 0.15) is 5.60 Å². The van der Waals surface area contributed by atoms with Gasteiger partial charge >= 0.3 is 5.97 Å². The van der Waals surface area contributed by atoms with Crippen molar-refractivity contribution < 1.29 is 14.3 Å². The maximum Gasteiger partial charge on any atom is 0.307 e. The van der Waals surface area contributed by atoms with Gasteiger partial charge in [-0.15, -0.1) is 11.8 Å². The number of ether oxygens (including phenoxy) is 1. The van der Waals surface area contributed by atoms with Crippen molar-refractivity contribution in [3.05, 3.63) is 29.3 Å². The molecule has 1 saturated carbocycles. The summed E-state index contributed by atoms with van der Waals surface area (Å²) in [5, 5.41) is 3.70. The molecule has 1 aromatic rings. The monoisotopic (exact) mass is 367 g/mol. The van der Waals surface area contributed by atoms with E-state index in [0.29, 0.717) is 6.54 Å². The fourth-order valence-electron chi connectivity index (χ4n) is 3.62. The summed E-state index contributed by atoms with van der Waals surface area (Å²) in [5.74, 6) is 0.180. The van der Waals surface area contributed by atoms with Gasteiger partial charge in [-0.2, -0.15) is 0 Å². The second kappa shape index (κ2) is 7.79. The highest BCUT2D eigenvalue weighted by molar-refractivity contribution is 7.99. The molecule has 1 spiro atoms. The molecule has 1 aromatic carbocycles. The molecule has 6 heteroatoms. The Hall–Kier alpha value is -1.20. The van der Waals surface area contributed by atoms with E-state index in [-0.39, 0.29) is 24.2 Å². The first-order valence-corrected chi connectivity index (χ1v) is 9.83. The number of esters is 1. The van der Waals surface area contributed by atoms with Gasteiger partial charge in [-0.3, -0.25) is 9.59 Å². The van der Waals surface area contributed by atoms with E-state index in [4.69, 9.17) is 16.3 Å². The lowest BCUT2D eigenvalue weighted by molar-refractivity contribution is -0.153. The molecule has 1 aliphatic carbocycles. The van der Waals surface area contributed by atoms with Crippen molar-refractivity contribution in [1.29, 1.82) is 0 Å². The number of amides is 1. The van der Waals surface area contributed by atoms with E-state index in [1.807, 2.05) is 24.3 Å². The molecule has 4 nitrogen and oxygen atoms in total. The number of thioether (sulfide) groups is 1. The average molecular weight is 368 g/mol. The van der Waals surface area contributed by atoms with Crippen LogP contribution in [0.15, 0.2) is 29.2 Å². The highest BCUT2D eigenvalue weighted by Gasteiger charge is 2.52. The minimum absolute atomic E-state index is 0.0422. The molecule has 1 saturated heterocycles. The van der Waals surface area contributed by atoms with Crippen molar-refractivity contribution in [2.75, 3.05) is 12.3 Å². The Morgan fingerprint density at radius 3 is 2.67 bits per heavy atom. The standard InChI is InChI=1S/C18H22ClNO3S/c19-13-4-6-14(7-5-13)24-11-10-20-17(22)15-12-16(21)23-18(15)8-2-1-3-9-18/h4-7,15H,1-3,8-12H2,(H,20,22). The molecule has 0 radical (unpaired) electrons. The van der Waals surface area contributed by atoms with Gasteiger partial charge in [0.05, 0.1) is 12.3 Å². The third kappa shape index (κ3) is 4.06. The minimum Gasteiger partial charge on any atom is -0.458 e. The zero-order valence-electron chi connectivity index (χ0n) is 13.6. The van der Waals surface area contributed by atoms with Crippen LogP contribution in [0, 0.1) is 5.92 Å². The summed E-state index contributed by atoms with van der Waals surface area (Å²) in [4.78, 5) is 25.4. The zero-order chi connectivity index (χ0) is 17.0. The second-order valence-electron chi connectivity index (χ2n) is 6.45. The molecule has 1 heterocycles. The van der Waals surface area contributed by atoms with E-state index in [1.54, 1.807) is 11.8 Å². The summed E-state index contributed by atoms with van der Waals surface area (Å²) in [7, 11) is 0. The van der Waals surface area contributed by atoms with Crippen molar-refractivity contribution in [2.45, 2.75) is 49.0 Å². The number of benzene rings is 1. The summed E-state index contributed by atoms with van der Waals surface area (Å²) in [6, 6.07) is 7.65. The van der Waals surface area contributed by atoms with Crippen LogP contribution in [0.1, 0.15) is 38.5 Å². The van der Waals surface area contributed by atoms with Gasteiger partial charge in [0, 0.05) is 22.2 Å². The van der Waals surface area contributed by atoms with E-state index in [2.05, 4.69) is 5.32 Å². The molecule has 130 valence electrons. The summed E-state index contributed by atoms with van der Waals surface area (Å²) < 4.78 is 5.59. The van der Waals surface area contributed by atoms with Crippen LogP contribution in [0.25, 0.3) is 0 Å². The fourth-order valence-corrected chi connectivity index (χ4v) is 4.52. The zero-order valence-corrected chi connectivity index (χ0v) is 15.1. The van der Waals surface area contributed by atoms with Crippen molar-refractivity contribution in [1.82, 2.24) is 5.32 Å². The third-order valence-corrected chi connectivity index (χ3v) is 6.09. The molecule has 1 amide bonds. The van der Waals surface area contributed by atoms with Gasteiger partial charge in [-0.05, 0) is 49.9 Å². The normalized spacial score (nSPS) is 22.4. The van der Waals surface area contributed by atoms with Crippen LogP contribution in [0.4, 0.5) is 0 Å². The summed E-state index contributed by atoms with van der Waals surface area (Å²) >= 11 is 7.53. The molecule has 0 aromatic heterocycles. The topological polar surface area (TPSA) is 55.4 Å². The first-order chi connectivity index (χ1) is 11.6. The summed E-state index contributed by atoms with van der Waals surface area (Å²) in [6.07, 6.45) is 5.07. The number of halogens is 1. The molecular formula is C18H22ClNO3S. The van der Waals surface area contributed by atoms with E-state index < -0.39 is 5.60 Å². The fraction of sp³-hybridized carbons (Fsp3) is 0.556. The maximum atomic E-state index is 12.6. The smallest absolute Gasteiger partial charge is 0.307 e. The highest BCUT2D eigenvalue weighted by atomic mass is 35.5. The first kappa shape index (κ1) is 17.6. The lowest BCUT2D eigenvalue weighted by Crippen LogP contribution is -2.46. The van der Waals surface area contributed by atoms with Crippen LogP contribution in [-0.4, -0.2) is 29.8 Å². The quantitative estimate of drug-likeness (QED) is 0.488. The van der Waals surface area contributed by atoms with E-state index in [1.165, 1.54) is 0 Å². The predicted molar refractivity (Wildman–Crippen MR) is 95.2 cm³/mol. The van der Waals surface area contributed by atoms with Gasteiger partial charge in [0.2, 0.25) is 5.91 Å². The van der Waals surface area contributed by atoms with Crippen LogP contribution in [0.2, 0.25) is 5.02 Å². The molecule has 2 fully saturated rings. The number of nitrogens with one attached hydrogen (secondary N) is 1. The van der Waals surface area contributed by atoms with E-state index in [0.717, 1.165) is 47.8 Å². The molecule has 1 atom stereocenters.